The SMILES string of the molecule is Cn1c(=O)c2c(nc(Oc3cccc(/C=N/NC(N)=S)c3)n2C)n(C)c1=O. The number of rotatable bonds is 4. The second-order valence-electron chi connectivity index (χ2n) is 5.74. The molecule has 0 saturated carbocycles. The van der Waals surface area contributed by atoms with Crippen LogP contribution in [0.2, 0.25) is 0 Å². The third-order valence-electron chi connectivity index (χ3n) is 3.89. The molecule has 0 fully saturated rings. The Balaban J connectivity index is 2.00. The minimum atomic E-state index is -0.458. The molecule has 140 valence electrons. The third-order valence-corrected chi connectivity index (χ3v) is 3.98. The number of benzene rings is 1. The highest BCUT2D eigenvalue weighted by atomic mass is 32.1. The largest absolute Gasteiger partial charge is 0.425 e. The fourth-order valence-corrected chi connectivity index (χ4v) is 2.58. The van der Waals surface area contributed by atoms with Gasteiger partial charge >= 0.3 is 11.7 Å². The molecular formula is C16H17N7O3S. The Kier molecular flexibility index (Phi) is 4.77. The highest BCUT2D eigenvalue weighted by Crippen LogP contribution is 2.23. The van der Waals surface area contributed by atoms with Gasteiger partial charge in [0.2, 0.25) is 0 Å². The Morgan fingerprint density at radius 2 is 2.00 bits per heavy atom. The van der Waals surface area contributed by atoms with Crippen LogP contribution in [0, 0.1) is 0 Å². The number of fused-ring (bicyclic) bond motifs is 1. The number of hydrogen-bond acceptors (Lipinski definition) is 6. The maximum absolute atomic E-state index is 12.4. The van der Waals surface area contributed by atoms with Crippen molar-refractivity contribution in [1.29, 1.82) is 0 Å². The third kappa shape index (κ3) is 3.44. The molecule has 2 heterocycles. The zero-order valence-electron chi connectivity index (χ0n) is 14.8. The van der Waals surface area contributed by atoms with E-state index in [0.717, 1.165) is 10.1 Å². The number of thiocarbonyl (C=S) groups is 1. The normalized spacial score (nSPS) is 11.2. The molecule has 3 N–H and O–H groups in total. The first-order chi connectivity index (χ1) is 12.8. The lowest BCUT2D eigenvalue weighted by atomic mass is 10.2. The highest BCUT2D eigenvalue weighted by molar-refractivity contribution is 7.80. The number of nitrogens with two attached hydrogens (primary N) is 1. The number of aromatic nitrogens is 4. The molecule has 0 bridgehead atoms. The average Bonchev–Trinajstić information content (AvgIpc) is 2.95. The van der Waals surface area contributed by atoms with E-state index in [1.54, 1.807) is 32.3 Å². The van der Waals surface area contributed by atoms with Crippen LogP contribution >= 0.6 is 12.2 Å². The molecule has 0 aliphatic carbocycles. The first kappa shape index (κ1) is 18.3. The van der Waals surface area contributed by atoms with Crippen LogP contribution in [0.5, 0.6) is 11.8 Å². The van der Waals surface area contributed by atoms with E-state index in [2.05, 4.69) is 27.7 Å². The van der Waals surface area contributed by atoms with Crippen molar-refractivity contribution in [3.63, 3.8) is 0 Å². The predicted molar refractivity (Wildman–Crippen MR) is 105 cm³/mol. The molecule has 0 aliphatic rings. The van der Waals surface area contributed by atoms with Gasteiger partial charge in [-0.05, 0) is 29.9 Å². The molecule has 0 aliphatic heterocycles. The molecule has 0 atom stereocenters. The van der Waals surface area contributed by atoms with Crippen LogP contribution in [0.4, 0.5) is 0 Å². The van der Waals surface area contributed by atoms with Crippen molar-refractivity contribution in [3.8, 4) is 11.8 Å². The van der Waals surface area contributed by atoms with E-state index in [9.17, 15) is 9.59 Å². The minimum absolute atomic E-state index is 0.0607. The summed E-state index contributed by atoms with van der Waals surface area (Å²) in [6.07, 6.45) is 1.53. The molecule has 10 nitrogen and oxygen atoms in total. The topological polar surface area (TPSA) is 121 Å². The molecular weight excluding hydrogens is 370 g/mol. The molecule has 0 saturated heterocycles. The van der Waals surface area contributed by atoms with Crippen molar-refractivity contribution < 1.29 is 4.74 Å². The smallest absolute Gasteiger partial charge is 0.332 e. The summed E-state index contributed by atoms with van der Waals surface area (Å²) in [5, 5.41) is 3.95. The zero-order chi connectivity index (χ0) is 19.7. The number of ether oxygens (including phenoxy) is 1. The van der Waals surface area contributed by atoms with Crippen LogP contribution in [0.15, 0.2) is 39.0 Å². The Morgan fingerprint density at radius 1 is 1.26 bits per heavy atom. The van der Waals surface area contributed by atoms with Crippen molar-refractivity contribution in [3.05, 3.63) is 50.7 Å². The Labute approximate surface area is 158 Å². The summed E-state index contributed by atoms with van der Waals surface area (Å²) in [4.78, 5) is 28.8. The van der Waals surface area contributed by atoms with Gasteiger partial charge in [-0.2, -0.15) is 10.1 Å². The van der Waals surface area contributed by atoms with Crippen molar-refractivity contribution in [2.24, 2.45) is 32.0 Å². The maximum atomic E-state index is 12.4. The van der Waals surface area contributed by atoms with E-state index in [4.69, 9.17) is 10.5 Å². The van der Waals surface area contributed by atoms with Gasteiger partial charge < -0.3 is 10.5 Å². The molecule has 11 heteroatoms. The Bertz CT molecular complexity index is 1190. The quantitative estimate of drug-likeness (QED) is 0.365. The van der Waals surface area contributed by atoms with Gasteiger partial charge in [-0.15, -0.1) is 0 Å². The van der Waals surface area contributed by atoms with Crippen molar-refractivity contribution in [2.75, 3.05) is 0 Å². The van der Waals surface area contributed by atoms with Crippen LogP contribution in [-0.4, -0.2) is 30.0 Å². The second-order valence-corrected chi connectivity index (χ2v) is 6.18. The molecule has 2 aromatic heterocycles. The number of aryl methyl sites for hydroxylation is 2. The van der Waals surface area contributed by atoms with Crippen LogP contribution in [0.1, 0.15) is 5.56 Å². The number of hydrogen-bond donors (Lipinski definition) is 2. The summed E-state index contributed by atoms with van der Waals surface area (Å²) in [5.41, 5.74) is 8.13. The van der Waals surface area contributed by atoms with Gasteiger partial charge in [0.15, 0.2) is 16.3 Å². The van der Waals surface area contributed by atoms with Crippen molar-refractivity contribution in [2.45, 2.75) is 0 Å². The van der Waals surface area contributed by atoms with Gasteiger partial charge in [-0.3, -0.25) is 23.9 Å². The fraction of sp³-hybridized carbons (Fsp3) is 0.188. The maximum Gasteiger partial charge on any atom is 0.332 e. The summed E-state index contributed by atoms with van der Waals surface area (Å²) in [6.45, 7) is 0. The standard InChI is InChI=1S/C16H17N7O3S/c1-21-11-12(22(2)16(25)23(3)13(11)24)19-15(21)26-10-6-4-5-9(7-10)8-18-20-14(17)27/h4-8H,1-3H3,(H3,17,20,27)/b18-8+. The fourth-order valence-electron chi connectivity index (χ4n) is 2.52. The first-order valence-corrected chi connectivity index (χ1v) is 8.19. The molecule has 0 unspecified atom stereocenters. The molecule has 0 spiro atoms. The molecule has 0 amide bonds. The lowest BCUT2D eigenvalue weighted by Crippen LogP contribution is -2.37. The first-order valence-electron chi connectivity index (χ1n) is 7.78. The summed E-state index contributed by atoms with van der Waals surface area (Å²) in [7, 11) is 4.61. The molecule has 27 heavy (non-hydrogen) atoms. The van der Waals surface area contributed by atoms with Crippen molar-refractivity contribution >= 4 is 34.7 Å². The second kappa shape index (κ2) is 7.03. The molecule has 3 rings (SSSR count). The van der Waals surface area contributed by atoms with Crippen LogP contribution in [0.25, 0.3) is 11.2 Å². The molecule has 3 aromatic rings. The van der Waals surface area contributed by atoms with Crippen molar-refractivity contribution in [1.82, 2.24) is 24.1 Å². The summed E-state index contributed by atoms with van der Waals surface area (Å²) in [5.74, 6) is 0.481. The monoisotopic (exact) mass is 387 g/mol. The van der Waals surface area contributed by atoms with E-state index >= 15 is 0 Å². The van der Waals surface area contributed by atoms with Crippen LogP contribution in [-0.2, 0) is 21.1 Å². The number of nitrogens with one attached hydrogen (secondary N) is 1. The van der Waals surface area contributed by atoms with Crippen LogP contribution in [0.3, 0.4) is 0 Å². The van der Waals surface area contributed by atoms with Gasteiger partial charge in [0.25, 0.3) is 5.56 Å². The Morgan fingerprint density at radius 3 is 2.70 bits per heavy atom. The van der Waals surface area contributed by atoms with E-state index < -0.39 is 11.2 Å². The summed E-state index contributed by atoms with van der Waals surface area (Å²) in [6, 6.07) is 7.22. The van der Waals surface area contributed by atoms with E-state index in [1.807, 2.05) is 6.07 Å². The zero-order valence-corrected chi connectivity index (χ0v) is 15.6. The van der Waals surface area contributed by atoms with Gasteiger partial charge in [-0.25, -0.2) is 4.79 Å². The van der Waals surface area contributed by atoms with Crippen LogP contribution < -0.4 is 27.1 Å². The number of imidazole rings is 1. The minimum Gasteiger partial charge on any atom is -0.425 e. The van der Waals surface area contributed by atoms with Gasteiger partial charge in [0, 0.05) is 21.1 Å². The van der Waals surface area contributed by atoms with Gasteiger partial charge in [-0.1, -0.05) is 12.1 Å². The summed E-state index contributed by atoms with van der Waals surface area (Å²) >= 11 is 4.67. The van der Waals surface area contributed by atoms with E-state index in [0.29, 0.717) is 5.75 Å². The molecule has 0 radical (unpaired) electrons. The predicted octanol–water partition coefficient (Wildman–Crippen LogP) is -0.0699. The lowest BCUT2D eigenvalue weighted by molar-refractivity contribution is 0.427. The highest BCUT2D eigenvalue weighted by Gasteiger charge is 2.18. The number of nitrogens with zero attached hydrogens (tertiary/aromatic N) is 5. The van der Waals surface area contributed by atoms with E-state index in [1.165, 1.54) is 22.4 Å². The molecule has 1 aromatic carbocycles. The lowest BCUT2D eigenvalue weighted by Gasteiger charge is -2.05. The number of hydrazone groups is 1. The van der Waals surface area contributed by atoms with Gasteiger partial charge in [0.1, 0.15) is 5.75 Å². The summed E-state index contributed by atoms with van der Waals surface area (Å²) < 4.78 is 9.64. The van der Waals surface area contributed by atoms with E-state index in [-0.39, 0.29) is 22.3 Å². The Hall–Kier alpha value is -3.47. The van der Waals surface area contributed by atoms with Gasteiger partial charge in [0.05, 0.1) is 6.21 Å². The average molecular weight is 387 g/mol.